The van der Waals surface area contributed by atoms with Crippen LogP contribution in [0.2, 0.25) is 0 Å². The normalized spacial score (nSPS) is 19.4. The van der Waals surface area contributed by atoms with Gasteiger partial charge in [-0.15, -0.1) is 0 Å². The highest BCUT2D eigenvalue weighted by Gasteiger charge is 2.13. The molecule has 2 rings (SSSR count). The quantitative estimate of drug-likeness (QED) is 0.804. The van der Waals surface area contributed by atoms with Gasteiger partial charge in [0.2, 0.25) is 5.91 Å². The number of anilines is 1. The first-order valence-corrected chi connectivity index (χ1v) is 6.09. The van der Waals surface area contributed by atoms with E-state index in [2.05, 4.69) is 10.6 Å². The fourth-order valence-electron chi connectivity index (χ4n) is 1.73. The zero-order valence-corrected chi connectivity index (χ0v) is 10.2. The average Bonchev–Trinajstić information content (AvgIpc) is 2.41. The zero-order chi connectivity index (χ0) is 12.6. The fourth-order valence-corrected chi connectivity index (χ4v) is 1.73. The molecule has 0 aromatic heterocycles. The number of rotatable bonds is 5. The Morgan fingerprint density at radius 3 is 2.83 bits per heavy atom. The topological polar surface area (TPSA) is 59.6 Å². The molecule has 2 N–H and O–H groups in total. The molecule has 5 heteroatoms. The number of carbonyl (C=O) groups is 1. The van der Waals surface area contributed by atoms with Gasteiger partial charge < -0.3 is 20.1 Å². The number of ether oxygens (including phenoxy) is 2. The van der Waals surface area contributed by atoms with Crippen LogP contribution in [0.1, 0.15) is 0 Å². The van der Waals surface area contributed by atoms with Crippen LogP contribution in [0.3, 0.4) is 0 Å². The molecule has 1 saturated heterocycles. The van der Waals surface area contributed by atoms with Gasteiger partial charge in [0, 0.05) is 12.2 Å². The molecule has 1 heterocycles. The summed E-state index contributed by atoms with van der Waals surface area (Å²) in [6.45, 7) is 2.78. The highest BCUT2D eigenvalue weighted by atomic mass is 16.6. The Hall–Kier alpha value is -1.43. The van der Waals surface area contributed by atoms with Crippen molar-refractivity contribution in [2.24, 2.45) is 0 Å². The Labute approximate surface area is 106 Å². The van der Waals surface area contributed by atoms with E-state index < -0.39 is 0 Å². The molecular weight excluding hydrogens is 232 g/mol. The van der Waals surface area contributed by atoms with Gasteiger partial charge in [-0.1, -0.05) is 18.2 Å². The summed E-state index contributed by atoms with van der Waals surface area (Å²) in [5.41, 5.74) is 0.807. The van der Waals surface area contributed by atoms with Crippen LogP contribution in [0, 0.1) is 0 Å². The molecule has 0 spiro atoms. The van der Waals surface area contributed by atoms with Crippen LogP contribution in [0.15, 0.2) is 30.3 Å². The van der Waals surface area contributed by atoms with Crippen molar-refractivity contribution in [1.82, 2.24) is 5.32 Å². The molecule has 98 valence electrons. The molecule has 1 aromatic carbocycles. The van der Waals surface area contributed by atoms with Crippen molar-refractivity contribution < 1.29 is 14.3 Å². The van der Waals surface area contributed by atoms with Gasteiger partial charge in [-0.3, -0.25) is 4.79 Å². The van der Waals surface area contributed by atoms with Gasteiger partial charge in [-0.25, -0.2) is 0 Å². The molecule has 0 aliphatic carbocycles. The maximum absolute atomic E-state index is 11.6. The molecule has 1 aromatic rings. The van der Waals surface area contributed by atoms with E-state index in [4.69, 9.17) is 9.47 Å². The summed E-state index contributed by atoms with van der Waals surface area (Å²) < 4.78 is 10.7. The summed E-state index contributed by atoms with van der Waals surface area (Å²) in [6, 6.07) is 9.40. The molecule has 1 atom stereocenters. The largest absolute Gasteiger partial charge is 0.376 e. The Kier molecular flexibility index (Phi) is 5.14. The molecule has 0 saturated carbocycles. The van der Waals surface area contributed by atoms with Crippen LogP contribution in [-0.4, -0.2) is 44.9 Å². The van der Waals surface area contributed by atoms with Crippen LogP contribution in [0.25, 0.3) is 0 Å². The molecule has 0 bridgehead atoms. The van der Waals surface area contributed by atoms with Gasteiger partial charge in [0.05, 0.1) is 32.5 Å². The summed E-state index contributed by atoms with van der Waals surface area (Å²) in [5, 5.41) is 5.86. The Morgan fingerprint density at radius 2 is 2.11 bits per heavy atom. The molecule has 18 heavy (non-hydrogen) atoms. The minimum absolute atomic E-state index is 0.0447. The molecule has 1 fully saturated rings. The first kappa shape index (κ1) is 13.0. The Bertz CT molecular complexity index is 364. The van der Waals surface area contributed by atoms with Crippen LogP contribution in [0.5, 0.6) is 0 Å². The molecule has 5 nitrogen and oxygen atoms in total. The lowest BCUT2D eigenvalue weighted by molar-refractivity contribution is -0.116. The van der Waals surface area contributed by atoms with Gasteiger partial charge in [0.25, 0.3) is 0 Å². The van der Waals surface area contributed by atoms with E-state index in [1.54, 1.807) is 0 Å². The molecule has 1 aliphatic heterocycles. The third kappa shape index (κ3) is 4.44. The Balaban J connectivity index is 1.62. The molecule has 1 amide bonds. The predicted molar refractivity (Wildman–Crippen MR) is 68.5 cm³/mol. The van der Waals surface area contributed by atoms with Crippen molar-refractivity contribution >= 4 is 11.6 Å². The lowest BCUT2D eigenvalue weighted by Crippen LogP contribution is -2.40. The number of hydrogen-bond donors (Lipinski definition) is 2. The number of benzene rings is 1. The lowest BCUT2D eigenvalue weighted by atomic mass is 10.3. The van der Waals surface area contributed by atoms with Crippen molar-refractivity contribution in [1.29, 1.82) is 0 Å². The van der Waals surface area contributed by atoms with Crippen LogP contribution >= 0.6 is 0 Å². The standard InChI is InChI=1S/C13H18N2O3/c16-13(15-11-4-2-1-3-5-11)9-14-8-12-10-17-6-7-18-12/h1-5,12,14H,6-10H2,(H,15,16). The number of hydrogen-bond acceptors (Lipinski definition) is 4. The third-order valence-corrected chi connectivity index (χ3v) is 2.60. The number of para-hydroxylation sites is 1. The smallest absolute Gasteiger partial charge is 0.238 e. The van der Waals surface area contributed by atoms with Crippen molar-refractivity contribution in [3.8, 4) is 0 Å². The van der Waals surface area contributed by atoms with E-state index in [9.17, 15) is 4.79 Å². The molecule has 1 unspecified atom stereocenters. The van der Waals surface area contributed by atoms with Gasteiger partial charge in [0.1, 0.15) is 0 Å². The minimum Gasteiger partial charge on any atom is -0.376 e. The summed E-state index contributed by atoms with van der Waals surface area (Å²) >= 11 is 0. The highest BCUT2D eigenvalue weighted by Crippen LogP contribution is 2.04. The third-order valence-electron chi connectivity index (χ3n) is 2.60. The highest BCUT2D eigenvalue weighted by molar-refractivity contribution is 5.92. The zero-order valence-electron chi connectivity index (χ0n) is 10.2. The monoisotopic (exact) mass is 250 g/mol. The van der Waals surface area contributed by atoms with Gasteiger partial charge in [-0.2, -0.15) is 0 Å². The first-order valence-electron chi connectivity index (χ1n) is 6.09. The second kappa shape index (κ2) is 7.10. The summed E-state index contributed by atoms with van der Waals surface area (Å²) in [5.74, 6) is -0.0575. The van der Waals surface area contributed by atoms with E-state index in [1.807, 2.05) is 30.3 Å². The lowest BCUT2D eigenvalue weighted by Gasteiger charge is -2.23. The SMILES string of the molecule is O=C(CNCC1COCCO1)Nc1ccccc1. The predicted octanol–water partition coefficient (Wildman–Crippen LogP) is 0.630. The summed E-state index contributed by atoms with van der Waals surface area (Å²) in [4.78, 5) is 11.6. The summed E-state index contributed by atoms with van der Waals surface area (Å²) in [7, 11) is 0. The van der Waals surface area contributed by atoms with Gasteiger partial charge in [-0.05, 0) is 12.1 Å². The second-order valence-electron chi connectivity index (χ2n) is 4.11. The van der Waals surface area contributed by atoms with Gasteiger partial charge in [0.15, 0.2) is 0 Å². The van der Waals surface area contributed by atoms with Gasteiger partial charge >= 0.3 is 0 Å². The first-order chi connectivity index (χ1) is 8.84. The molecule has 0 radical (unpaired) electrons. The van der Waals surface area contributed by atoms with Crippen molar-refractivity contribution in [2.45, 2.75) is 6.10 Å². The summed E-state index contributed by atoms with van der Waals surface area (Å²) in [6.07, 6.45) is 0.0447. The van der Waals surface area contributed by atoms with E-state index in [-0.39, 0.29) is 18.6 Å². The van der Waals surface area contributed by atoms with Crippen LogP contribution < -0.4 is 10.6 Å². The number of amides is 1. The van der Waals surface area contributed by atoms with Crippen molar-refractivity contribution in [3.05, 3.63) is 30.3 Å². The van der Waals surface area contributed by atoms with Crippen LogP contribution in [-0.2, 0) is 14.3 Å². The Morgan fingerprint density at radius 1 is 1.28 bits per heavy atom. The van der Waals surface area contributed by atoms with E-state index in [0.717, 1.165) is 5.69 Å². The maximum Gasteiger partial charge on any atom is 0.238 e. The van der Waals surface area contributed by atoms with Crippen molar-refractivity contribution in [2.75, 3.05) is 38.2 Å². The van der Waals surface area contributed by atoms with Crippen molar-refractivity contribution in [3.63, 3.8) is 0 Å². The molecule has 1 aliphatic rings. The average molecular weight is 250 g/mol. The van der Waals surface area contributed by atoms with Crippen LogP contribution in [0.4, 0.5) is 5.69 Å². The van der Waals surface area contributed by atoms with E-state index in [1.165, 1.54) is 0 Å². The fraction of sp³-hybridized carbons (Fsp3) is 0.462. The maximum atomic E-state index is 11.6. The second-order valence-corrected chi connectivity index (χ2v) is 4.11. The minimum atomic E-state index is -0.0575. The molecular formula is C13H18N2O3. The van der Waals surface area contributed by atoms with E-state index >= 15 is 0 Å². The van der Waals surface area contributed by atoms with E-state index in [0.29, 0.717) is 26.4 Å². The number of carbonyl (C=O) groups excluding carboxylic acids is 1. The number of nitrogens with one attached hydrogen (secondary N) is 2.